The molecular formula is C11H16O2. The van der Waals surface area contributed by atoms with Crippen LogP contribution >= 0.6 is 0 Å². The zero-order valence-electron chi connectivity index (χ0n) is 7.82. The van der Waals surface area contributed by atoms with Gasteiger partial charge in [-0.2, -0.15) is 0 Å². The Hall–Kier alpha value is -0.0800. The van der Waals surface area contributed by atoms with E-state index in [1.807, 2.05) is 0 Å². The van der Waals surface area contributed by atoms with Crippen LogP contribution in [0.2, 0.25) is 0 Å². The molecule has 4 fully saturated rings. The third-order valence-electron chi connectivity index (χ3n) is 5.09. The number of hydrogen-bond donors (Lipinski definition) is 0. The monoisotopic (exact) mass is 180 g/mol. The molecule has 0 N–H and O–H groups in total. The molecule has 4 aliphatic rings. The second kappa shape index (κ2) is 2.29. The Labute approximate surface area is 78.6 Å². The van der Waals surface area contributed by atoms with Gasteiger partial charge in [-0.25, -0.2) is 0 Å². The molecule has 2 heteroatoms. The fraction of sp³-hybridized carbons (Fsp3) is 1.00. The lowest BCUT2D eigenvalue weighted by Gasteiger charge is -2.31. The lowest BCUT2D eigenvalue weighted by molar-refractivity contribution is 0.134. The zero-order valence-corrected chi connectivity index (χ0v) is 7.82. The molecule has 2 nitrogen and oxygen atoms in total. The van der Waals surface area contributed by atoms with Crippen molar-refractivity contribution in [3.05, 3.63) is 0 Å². The molecule has 0 amide bonds. The maximum atomic E-state index is 5.62. The molecule has 0 spiro atoms. The fourth-order valence-corrected chi connectivity index (χ4v) is 4.59. The van der Waals surface area contributed by atoms with Gasteiger partial charge in [-0.1, -0.05) is 0 Å². The average Bonchev–Trinajstić information content (AvgIpc) is 2.81. The van der Waals surface area contributed by atoms with Gasteiger partial charge in [0, 0.05) is 0 Å². The van der Waals surface area contributed by atoms with Crippen molar-refractivity contribution in [3.63, 3.8) is 0 Å². The predicted molar refractivity (Wildman–Crippen MR) is 47.2 cm³/mol. The number of ether oxygens (including phenoxy) is 2. The molecule has 2 saturated heterocycles. The number of fused-ring (bicyclic) bond motifs is 8. The molecule has 0 radical (unpaired) electrons. The van der Waals surface area contributed by atoms with Crippen molar-refractivity contribution in [2.45, 2.75) is 6.42 Å². The van der Waals surface area contributed by atoms with Gasteiger partial charge in [0.2, 0.25) is 0 Å². The summed E-state index contributed by atoms with van der Waals surface area (Å²) in [7, 11) is 0. The van der Waals surface area contributed by atoms with Crippen molar-refractivity contribution in [2.24, 2.45) is 35.5 Å². The molecule has 72 valence electrons. The van der Waals surface area contributed by atoms with Crippen LogP contribution in [0.15, 0.2) is 0 Å². The van der Waals surface area contributed by atoms with Crippen molar-refractivity contribution >= 4 is 0 Å². The molecule has 0 aromatic heterocycles. The normalized spacial score (nSPS) is 62.8. The summed E-state index contributed by atoms with van der Waals surface area (Å²) in [6.45, 7) is 4.20. The summed E-state index contributed by atoms with van der Waals surface area (Å²) >= 11 is 0. The van der Waals surface area contributed by atoms with Crippen LogP contribution in [0.3, 0.4) is 0 Å². The van der Waals surface area contributed by atoms with Gasteiger partial charge >= 0.3 is 0 Å². The van der Waals surface area contributed by atoms with E-state index in [0.717, 1.165) is 61.9 Å². The summed E-state index contributed by atoms with van der Waals surface area (Å²) in [6.07, 6.45) is 1.50. The Bertz CT molecular complexity index is 196. The predicted octanol–water partition coefficient (Wildman–Crippen LogP) is 1.16. The average molecular weight is 180 g/mol. The first-order valence-electron chi connectivity index (χ1n) is 5.60. The van der Waals surface area contributed by atoms with Crippen LogP contribution in [0, 0.1) is 35.5 Å². The van der Waals surface area contributed by atoms with Crippen LogP contribution in [-0.4, -0.2) is 26.4 Å². The highest BCUT2D eigenvalue weighted by Crippen LogP contribution is 2.61. The summed E-state index contributed by atoms with van der Waals surface area (Å²) in [5, 5.41) is 0. The summed E-state index contributed by atoms with van der Waals surface area (Å²) in [5.41, 5.74) is 0. The van der Waals surface area contributed by atoms with E-state index in [9.17, 15) is 0 Å². The van der Waals surface area contributed by atoms with E-state index in [0.29, 0.717) is 0 Å². The first-order valence-corrected chi connectivity index (χ1v) is 5.60. The van der Waals surface area contributed by atoms with Gasteiger partial charge in [-0.15, -0.1) is 0 Å². The van der Waals surface area contributed by atoms with Gasteiger partial charge in [-0.3, -0.25) is 0 Å². The second-order valence-electron chi connectivity index (χ2n) is 5.29. The van der Waals surface area contributed by atoms with E-state index < -0.39 is 0 Å². The van der Waals surface area contributed by atoms with Crippen LogP contribution in [0.5, 0.6) is 0 Å². The molecule has 4 rings (SSSR count). The summed E-state index contributed by atoms with van der Waals surface area (Å²) in [6, 6.07) is 0. The lowest BCUT2D eigenvalue weighted by Crippen LogP contribution is -2.33. The highest BCUT2D eigenvalue weighted by Gasteiger charge is 2.60. The maximum absolute atomic E-state index is 5.62. The third kappa shape index (κ3) is 0.736. The molecule has 4 unspecified atom stereocenters. The minimum atomic E-state index is 0.910. The fourth-order valence-electron chi connectivity index (χ4n) is 4.59. The van der Waals surface area contributed by atoms with Crippen LogP contribution in [0.4, 0.5) is 0 Å². The van der Waals surface area contributed by atoms with Crippen molar-refractivity contribution < 1.29 is 9.47 Å². The molecule has 0 aromatic rings. The van der Waals surface area contributed by atoms with Crippen molar-refractivity contribution in [3.8, 4) is 0 Å². The zero-order chi connectivity index (χ0) is 8.41. The first-order chi connectivity index (χ1) is 6.45. The smallest absolute Gasteiger partial charge is 0.0500 e. The van der Waals surface area contributed by atoms with Crippen LogP contribution in [0.25, 0.3) is 0 Å². The molecule has 0 aromatic carbocycles. The van der Waals surface area contributed by atoms with Crippen LogP contribution < -0.4 is 0 Å². The molecular weight excluding hydrogens is 164 g/mol. The molecule has 2 heterocycles. The quantitative estimate of drug-likeness (QED) is 0.557. The van der Waals surface area contributed by atoms with Gasteiger partial charge in [-0.05, 0) is 41.9 Å². The Balaban J connectivity index is 1.72. The maximum Gasteiger partial charge on any atom is 0.0500 e. The largest absolute Gasteiger partial charge is 0.381 e. The minimum Gasteiger partial charge on any atom is -0.381 e. The van der Waals surface area contributed by atoms with Crippen LogP contribution in [-0.2, 0) is 9.47 Å². The van der Waals surface area contributed by atoms with E-state index in [1.54, 1.807) is 0 Å². The number of hydrogen-bond acceptors (Lipinski definition) is 2. The van der Waals surface area contributed by atoms with E-state index in [1.165, 1.54) is 6.42 Å². The Morgan fingerprint density at radius 3 is 1.31 bits per heavy atom. The standard InChI is InChI=1S/C11H16O2/c1-6-8-2-12-3-9(8)7(1)11-5-13-4-10(6)11/h6-11H,1-5H2. The molecule has 2 bridgehead atoms. The molecule has 2 aliphatic heterocycles. The van der Waals surface area contributed by atoms with Gasteiger partial charge in [0.1, 0.15) is 0 Å². The van der Waals surface area contributed by atoms with E-state index >= 15 is 0 Å². The summed E-state index contributed by atoms with van der Waals surface area (Å²) in [4.78, 5) is 0. The highest BCUT2D eigenvalue weighted by atomic mass is 16.5. The van der Waals surface area contributed by atoms with E-state index in [4.69, 9.17) is 9.47 Å². The van der Waals surface area contributed by atoms with Crippen molar-refractivity contribution in [1.82, 2.24) is 0 Å². The summed E-state index contributed by atoms with van der Waals surface area (Å²) in [5.74, 6) is 5.57. The second-order valence-corrected chi connectivity index (χ2v) is 5.29. The number of rotatable bonds is 0. The molecule has 2 aliphatic carbocycles. The first kappa shape index (κ1) is 7.24. The van der Waals surface area contributed by atoms with E-state index in [2.05, 4.69) is 0 Å². The van der Waals surface area contributed by atoms with Gasteiger partial charge in [0.05, 0.1) is 26.4 Å². The third-order valence-corrected chi connectivity index (χ3v) is 5.09. The van der Waals surface area contributed by atoms with E-state index in [-0.39, 0.29) is 0 Å². The Kier molecular flexibility index (Phi) is 1.28. The highest BCUT2D eigenvalue weighted by molar-refractivity contribution is 5.07. The van der Waals surface area contributed by atoms with Crippen molar-refractivity contribution in [2.75, 3.05) is 26.4 Å². The molecule has 13 heavy (non-hydrogen) atoms. The molecule has 2 saturated carbocycles. The van der Waals surface area contributed by atoms with Gasteiger partial charge in [0.25, 0.3) is 0 Å². The van der Waals surface area contributed by atoms with Crippen LogP contribution in [0.1, 0.15) is 6.42 Å². The molecule has 4 atom stereocenters. The van der Waals surface area contributed by atoms with Crippen molar-refractivity contribution in [1.29, 1.82) is 0 Å². The topological polar surface area (TPSA) is 18.5 Å². The van der Waals surface area contributed by atoms with Gasteiger partial charge < -0.3 is 9.47 Å². The minimum absolute atomic E-state index is 0.910. The Morgan fingerprint density at radius 1 is 0.538 bits per heavy atom. The lowest BCUT2D eigenvalue weighted by atomic mass is 9.71. The summed E-state index contributed by atoms with van der Waals surface area (Å²) < 4.78 is 11.2. The Morgan fingerprint density at radius 2 is 0.923 bits per heavy atom. The van der Waals surface area contributed by atoms with Gasteiger partial charge in [0.15, 0.2) is 0 Å². The SMILES string of the molecule is C1OCC2C1C1CC2C2COCC21.